The minimum atomic E-state index is -0.339. The summed E-state index contributed by atoms with van der Waals surface area (Å²) in [7, 11) is 1.93. The fourth-order valence-corrected chi connectivity index (χ4v) is 3.86. The van der Waals surface area contributed by atoms with Crippen molar-refractivity contribution in [3.8, 4) is 0 Å². The Kier molecular flexibility index (Phi) is 3.41. The van der Waals surface area contributed by atoms with Crippen LogP contribution in [0.1, 0.15) is 42.4 Å². The number of imide groups is 1. The number of amides is 2. The molecule has 2 aliphatic rings. The molecule has 2 aliphatic heterocycles. The zero-order valence-electron chi connectivity index (χ0n) is 13.1. The number of hydrogen-bond donors (Lipinski definition) is 2. The van der Waals surface area contributed by atoms with E-state index in [1.165, 1.54) is 5.56 Å². The lowest BCUT2D eigenvalue weighted by Crippen LogP contribution is -2.39. The summed E-state index contributed by atoms with van der Waals surface area (Å²) < 4.78 is 1.89. The molecule has 6 nitrogen and oxygen atoms in total. The molecule has 2 saturated heterocycles. The second kappa shape index (κ2) is 5.45. The Bertz CT molecular complexity index is 789. The first kappa shape index (κ1) is 14.4. The van der Waals surface area contributed by atoms with Crippen LogP contribution in [0.5, 0.6) is 0 Å². The molecule has 6 heteroatoms. The third-order valence-corrected chi connectivity index (χ3v) is 4.99. The summed E-state index contributed by atoms with van der Waals surface area (Å²) in [6, 6.07) is 6.25. The van der Waals surface area contributed by atoms with Crippen molar-refractivity contribution < 1.29 is 9.59 Å². The average Bonchev–Trinajstić information content (AvgIpc) is 3.16. The van der Waals surface area contributed by atoms with Crippen molar-refractivity contribution in [1.29, 1.82) is 0 Å². The maximum Gasteiger partial charge on any atom is 0.235 e. The van der Waals surface area contributed by atoms with Gasteiger partial charge in [-0.1, -0.05) is 18.2 Å². The van der Waals surface area contributed by atoms with Gasteiger partial charge in [0.05, 0.1) is 17.1 Å². The summed E-state index contributed by atoms with van der Waals surface area (Å²) in [4.78, 5) is 23.6. The van der Waals surface area contributed by atoms with Gasteiger partial charge in [0.1, 0.15) is 0 Å². The van der Waals surface area contributed by atoms with Gasteiger partial charge in [-0.3, -0.25) is 19.6 Å². The number of para-hydroxylation sites is 1. The van der Waals surface area contributed by atoms with E-state index in [0.29, 0.717) is 18.8 Å². The number of nitrogens with zero attached hydrogens (tertiary/aromatic N) is 2. The summed E-state index contributed by atoms with van der Waals surface area (Å²) in [6.45, 7) is 2.02. The van der Waals surface area contributed by atoms with E-state index in [0.717, 1.165) is 36.1 Å². The molecule has 23 heavy (non-hydrogen) atoms. The zero-order chi connectivity index (χ0) is 16.0. The molecule has 0 spiro atoms. The van der Waals surface area contributed by atoms with E-state index >= 15 is 0 Å². The SMILES string of the molecule is Cn1nc(C2CCC(=O)NC2=O)c2cccc([C@@H]3CCNC3)c21. The number of nitrogens with one attached hydrogen (secondary N) is 2. The molecule has 0 saturated carbocycles. The standard InChI is InChI=1S/C17H20N4O2/c1-21-16-11(10-7-8-18-9-10)3-2-4-12(16)15(20-21)13-5-6-14(22)19-17(13)23/h2-4,10,13,18H,5-9H2,1H3,(H,19,22,23)/t10-,13?/m1/s1. The molecule has 2 fully saturated rings. The summed E-state index contributed by atoms with van der Waals surface area (Å²) in [5.41, 5.74) is 3.20. The second-order valence-electron chi connectivity index (χ2n) is 6.45. The lowest BCUT2D eigenvalue weighted by atomic mass is 9.90. The highest BCUT2D eigenvalue weighted by Crippen LogP contribution is 2.35. The van der Waals surface area contributed by atoms with Gasteiger partial charge < -0.3 is 5.32 Å². The summed E-state index contributed by atoms with van der Waals surface area (Å²) in [6.07, 6.45) is 2.03. The number of carbonyl (C=O) groups excluding carboxylic acids is 2. The Hall–Kier alpha value is -2.21. The van der Waals surface area contributed by atoms with Crippen LogP contribution >= 0.6 is 0 Å². The van der Waals surface area contributed by atoms with Gasteiger partial charge in [-0.2, -0.15) is 5.10 Å². The highest BCUT2D eigenvalue weighted by atomic mass is 16.2. The Labute approximate surface area is 134 Å². The fraction of sp³-hybridized carbons (Fsp3) is 0.471. The average molecular weight is 312 g/mol. The molecule has 1 aromatic heterocycles. The molecule has 2 N–H and O–H groups in total. The van der Waals surface area contributed by atoms with Gasteiger partial charge in [0.15, 0.2) is 0 Å². The molecule has 0 bridgehead atoms. The number of aromatic nitrogens is 2. The van der Waals surface area contributed by atoms with E-state index in [-0.39, 0.29) is 17.7 Å². The normalized spacial score (nSPS) is 25.1. The molecule has 2 aromatic rings. The largest absolute Gasteiger partial charge is 0.316 e. The molecule has 120 valence electrons. The van der Waals surface area contributed by atoms with E-state index in [4.69, 9.17) is 0 Å². The first-order chi connectivity index (χ1) is 11.1. The highest BCUT2D eigenvalue weighted by Gasteiger charge is 2.32. The molecular formula is C17H20N4O2. The molecule has 1 aromatic carbocycles. The van der Waals surface area contributed by atoms with Gasteiger partial charge in [0.2, 0.25) is 11.8 Å². The predicted octanol–water partition coefficient (Wildman–Crippen LogP) is 1.17. The van der Waals surface area contributed by atoms with Gasteiger partial charge in [-0.25, -0.2) is 0 Å². The summed E-state index contributed by atoms with van der Waals surface area (Å²) >= 11 is 0. The predicted molar refractivity (Wildman–Crippen MR) is 86.1 cm³/mol. The Balaban J connectivity index is 1.81. The molecule has 4 rings (SSSR count). The quantitative estimate of drug-likeness (QED) is 0.816. The summed E-state index contributed by atoms with van der Waals surface area (Å²) in [5, 5.41) is 11.5. The van der Waals surface area contributed by atoms with Crippen LogP contribution in [0.2, 0.25) is 0 Å². The third kappa shape index (κ3) is 2.34. The van der Waals surface area contributed by atoms with Crippen LogP contribution in [0.25, 0.3) is 10.9 Å². The minimum absolute atomic E-state index is 0.191. The Morgan fingerprint density at radius 3 is 2.87 bits per heavy atom. The molecule has 0 radical (unpaired) electrons. The maximum absolute atomic E-state index is 12.2. The van der Waals surface area contributed by atoms with Crippen LogP contribution in [0.15, 0.2) is 18.2 Å². The second-order valence-corrected chi connectivity index (χ2v) is 6.45. The number of piperidine rings is 1. The van der Waals surface area contributed by atoms with Crippen LogP contribution < -0.4 is 10.6 Å². The smallest absolute Gasteiger partial charge is 0.235 e. The van der Waals surface area contributed by atoms with E-state index in [9.17, 15) is 9.59 Å². The third-order valence-electron chi connectivity index (χ3n) is 4.99. The number of fused-ring (bicyclic) bond motifs is 1. The monoisotopic (exact) mass is 312 g/mol. The van der Waals surface area contributed by atoms with Crippen molar-refractivity contribution in [3.63, 3.8) is 0 Å². The number of carbonyl (C=O) groups is 2. The van der Waals surface area contributed by atoms with Gasteiger partial charge >= 0.3 is 0 Å². The van der Waals surface area contributed by atoms with Gasteiger partial charge in [-0.05, 0) is 30.9 Å². The number of rotatable bonds is 2. The highest BCUT2D eigenvalue weighted by molar-refractivity contribution is 6.02. The van der Waals surface area contributed by atoms with Crippen molar-refractivity contribution in [3.05, 3.63) is 29.5 Å². The van der Waals surface area contributed by atoms with Crippen LogP contribution in [0, 0.1) is 0 Å². The zero-order valence-corrected chi connectivity index (χ0v) is 13.1. The van der Waals surface area contributed by atoms with Crippen LogP contribution in [0.4, 0.5) is 0 Å². The lowest BCUT2D eigenvalue weighted by molar-refractivity contribution is -0.134. The van der Waals surface area contributed by atoms with Gasteiger partial charge in [-0.15, -0.1) is 0 Å². The molecule has 2 atom stereocenters. The first-order valence-corrected chi connectivity index (χ1v) is 8.15. The van der Waals surface area contributed by atoms with Crippen molar-refractivity contribution in [2.24, 2.45) is 7.05 Å². The number of benzene rings is 1. The van der Waals surface area contributed by atoms with E-state index < -0.39 is 0 Å². The summed E-state index contributed by atoms with van der Waals surface area (Å²) in [5.74, 6) is -0.268. The van der Waals surface area contributed by atoms with E-state index in [1.807, 2.05) is 23.9 Å². The van der Waals surface area contributed by atoms with E-state index in [2.05, 4.69) is 21.8 Å². The van der Waals surface area contributed by atoms with Crippen molar-refractivity contribution in [2.75, 3.05) is 13.1 Å². The lowest BCUT2D eigenvalue weighted by Gasteiger charge is -2.19. The van der Waals surface area contributed by atoms with Gasteiger partial charge in [0.25, 0.3) is 0 Å². The molecule has 1 unspecified atom stereocenters. The molecular weight excluding hydrogens is 292 g/mol. The van der Waals surface area contributed by atoms with Crippen molar-refractivity contribution >= 4 is 22.7 Å². The first-order valence-electron chi connectivity index (χ1n) is 8.15. The molecule has 3 heterocycles. The number of aryl methyl sites for hydroxylation is 1. The fourth-order valence-electron chi connectivity index (χ4n) is 3.86. The van der Waals surface area contributed by atoms with Crippen molar-refractivity contribution in [2.45, 2.75) is 31.1 Å². The van der Waals surface area contributed by atoms with Crippen LogP contribution in [0.3, 0.4) is 0 Å². The van der Waals surface area contributed by atoms with Crippen LogP contribution in [-0.2, 0) is 16.6 Å². The number of hydrogen-bond acceptors (Lipinski definition) is 4. The van der Waals surface area contributed by atoms with Gasteiger partial charge in [0, 0.05) is 25.4 Å². The van der Waals surface area contributed by atoms with Crippen LogP contribution in [-0.4, -0.2) is 34.7 Å². The van der Waals surface area contributed by atoms with Crippen molar-refractivity contribution in [1.82, 2.24) is 20.4 Å². The van der Waals surface area contributed by atoms with E-state index in [1.54, 1.807) is 0 Å². The minimum Gasteiger partial charge on any atom is -0.316 e. The maximum atomic E-state index is 12.2. The molecule has 2 amide bonds. The topological polar surface area (TPSA) is 76.0 Å². The molecule has 0 aliphatic carbocycles. The Morgan fingerprint density at radius 1 is 1.26 bits per heavy atom. The Morgan fingerprint density at radius 2 is 2.13 bits per heavy atom.